The van der Waals surface area contributed by atoms with Gasteiger partial charge in [-0.2, -0.15) is 0 Å². The number of carbonyl (C=O) groups is 2. The number of anilines is 1. The average Bonchev–Trinajstić information content (AvgIpc) is 2.92. The van der Waals surface area contributed by atoms with Gasteiger partial charge in [-0.1, -0.05) is 0 Å². The van der Waals surface area contributed by atoms with Crippen LogP contribution in [0.5, 0.6) is 0 Å². The van der Waals surface area contributed by atoms with Crippen molar-refractivity contribution < 1.29 is 19.1 Å². The quantitative estimate of drug-likeness (QED) is 0.767. The van der Waals surface area contributed by atoms with Gasteiger partial charge in [0.15, 0.2) is 10.4 Å². The van der Waals surface area contributed by atoms with Crippen molar-refractivity contribution in [3.05, 3.63) is 52.4 Å². The minimum absolute atomic E-state index is 0.113. The smallest absolute Gasteiger partial charge is 0.291 e. The van der Waals surface area contributed by atoms with Crippen molar-refractivity contribution in [3.8, 4) is 0 Å². The molecule has 2 rings (SSSR count). The molecule has 2 amide bonds. The molecule has 1 heterocycles. The molecule has 1 aromatic heterocycles. The Labute approximate surface area is 129 Å². The number of halogens is 1. The number of aliphatic hydroxyl groups is 1. The van der Waals surface area contributed by atoms with Gasteiger partial charge in [-0.15, -0.1) is 0 Å². The highest BCUT2D eigenvalue weighted by Crippen LogP contribution is 2.16. The first-order chi connectivity index (χ1) is 10.1. The molecule has 0 aliphatic rings. The van der Waals surface area contributed by atoms with E-state index in [0.29, 0.717) is 15.9 Å². The van der Waals surface area contributed by atoms with Crippen LogP contribution in [0.4, 0.5) is 5.69 Å². The zero-order valence-corrected chi connectivity index (χ0v) is 12.5. The molecular formula is C14H13BrN2O4. The first kappa shape index (κ1) is 15.3. The third kappa shape index (κ3) is 4.17. The molecule has 0 fully saturated rings. The number of benzene rings is 1. The van der Waals surface area contributed by atoms with Crippen molar-refractivity contribution >= 4 is 33.4 Å². The minimum atomic E-state index is -0.377. The molecule has 3 N–H and O–H groups in total. The largest absolute Gasteiger partial charge is 0.444 e. The van der Waals surface area contributed by atoms with E-state index in [1.165, 1.54) is 0 Å². The van der Waals surface area contributed by atoms with E-state index < -0.39 is 0 Å². The summed E-state index contributed by atoms with van der Waals surface area (Å²) in [7, 11) is 0. The number of rotatable bonds is 5. The van der Waals surface area contributed by atoms with Crippen molar-refractivity contribution in [1.29, 1.82) is 0 Å². The van der Waals surface area contributed by atoms with Crippen LogP contribution in [-0.2, 0) is 0 Å². The molecule has 0 saturated heterocycles. The van der Waals surface area contributed by atoms with E-state index >= 15 is 0 Å². The molecule has 2 aromatic rings. The Kier molecular flexibility index (Phi) is 5.13. The van der Waals surface area contributed by atoms with Crippen LogP contribution in [0.3, 0.4) is 0 Å². The molecule has 0 bridgehead atoms. The summed E-state index contributed by atoms with van der Waals surface area (Å²) >= 11 is 3.12. The van der Waals surface area contributed by atoms with Gasteiger partial charge in [-0.25, -0.2) is 0 Å². The first-order valence-electron chi connectivity index (χ1n) is 6.16. The lowest BCUT2D eigenvalue weighted by Gasteiger charge is -2.06. The van der Waals surface area contributed by atoms with Crippen LogP contribution < -0.4 is 10.6 Å². The van der Waals surface area contributed by atoms with Crippen molar-refractivity contribution in [3.63, 3.8) is 0 Å². The molecule has 0 unspecified atom stereocenters. The van der Waals surface area contributed by atoms with Crippen LogP contribution >= 0.6 is 15.9 Å². The molecular weight excluding hydrogens is 340 g/mol. The van der Waals surface area contributed by atoms with E-state index in [1.54, 1.807) is 36.4 Å². The number of furan rings is 1. The van der Waals surface area contributed by atoms with Gasteiger partial charge in [0.05, 0.1) is 6.61 Å². The summed E-state index contributed by atoms with van der Waals surface area (Å²) in [6, 6.07) is 9.58. The summed E-state index contributed by atoms with van der Waals surface area (Å²) in [5, 5.41) is 13.8. The zero-order valence-electron chi connectivity index (χ0n) is 10.9. The van der Waals surface area contributed by atoms with E-state index in [4.69, 9.17) is 9.52 Å². The molecule has 0 spiro atoms. The number of carbonyl (C=O) groups excluding carboxylic acids is 2. The van der Waals surface area contributed by atoms with Gasteiger partial charge in [0.2, 0.25) is 0 Å². The molecule has 0 atom stereocenters. The number of hydrogen-bond donors (Lipinski definition) is 3. The normalized spacial score (nSPS) is 10.2. The zero-order chi connectivity index (χ0) is 15.2. The summed E-state index contributed by atoms with van der Waals surface area (Å²) in [6.07, 6.45) is 0. The predicted octanol–water partition coefficient (Wildman–Crippen LogP) is 2.02. The number of amides is 2. The second-order valence-corrected chi connectivity index (χ2v) is 4.90. The average molecular weight is 353 g/mol. The fraction of sp³-hybridized carbons (Fsp3) is 0.143. The van der Waals surface area contributed by atoms with Crippen LogP contribution in [0.25, 0.3) is 0 Å². The van der Waals surface area contributed by atoms with E-state index in [9.17, 15) is 9.59 Å². The van der Waals surface area contributed by atoms with Gasteiger partial charge in [0.1, 0.15) is 0 Å². The predicted molar refractivity (Wildman–Crippen MR) is 80.2 cm³/mol. The molecule has 0 aliphatic carbocycles. The molecule has 1 aromatic carbocycles. The topological polar surface area (TPSA) is 91.6 Å². The highest BCUT2D eigenvalue weighted by atomic mass is 79.9. The van der Waals surface area contributed by atoms with Gasteiger partial charge >= 0.3 is 0 Å². The van der Waals surface area contributed by atoms with Crippen LogP contribution in [0.2, 0.25) is 0 Å². The summed E-state index contributed by atoms with van der Waals surface area (Å²) < 4.78 is 5.62. The lowest BCUT2D eigenvalue weighted by molar-refractivity contribution is 0.0944. The lowest BCUT2D eigenvalue weighted by atomic mass is 10.2. The molecule has 6 nitrogen and oxygen atoms in total. The Morgan fingerprint density at radius 3 is 2.38 bits per heavy atom. The summed E-state index contributed by atoms with van der Waals surface area (Å²) in [5.74, 6) is -0.471. The Balaban J connectivity index is 1.99. The molecule has 7 heteroatoms. The maximum absolute atomic E-state index is 11.9. The minimum Gasteiger partial charge on any atom is -0.444 e. The highest BCUT2D eigenvalue weighted by molar-refractivity contribution is 9.10. The molecule has 0 radical (unpaired) electrons. The maximum atomic E-state index is 11.9. The Bertz CT molecular complexity index is 637. The SMILES string of the molecule is O=C(NCCO)c1ccc(NC(=O)c2ccc(Br)o2)cc1. The van der Waals surface area contributed by atoms with Crippen LogP contribution in [0.15, 0.2) is 45.5 Å². The van der Waals surface area contributed by atoms with Crippen molar-refractivity contribution in [1.82, 2.24) is 5.32 Å². The summed E-state index contributed by atoms with van der Waals surface area (Å²) in [4.78, 5) is 23.5. The van der Waals surface area contributed by atoms with Crippen molar-refractivity contribution in [2.75, 3.05) is 18.5 Å². The fourth-order valence-electron chi connectivity index (χ4n) is 1.61. The summed E-state index contributed by atoms with van der Waals surface area (Å²) in [6.45, 7) is 0.0866. The lowest BCUT2D eigenvalue weighted by Crippen LogP contribution is -2.26. The Hall–Kier alpha value is -2.12. The molecule has 0 saturated carbocycles. The second-order valence-electron chi connectivity index (χ2n) is 4.11. The van der Waals surface area contributed by atoms with Crippen LogP contribution in [-0.4, -0.2) is 30.1 Å². The van der Waals surface area contributed by atoms with E-state index in [0.717, 1.165) is 0 Å². The molecule has 21 heavy (non-hydrogen) atoms. The fourth-order valence-corrected chi connectivity index (χ4v) is 1.91. The first-order valence-corrected chi connectivity index (χ1v) is 6.95. The number of hydrogen-bond acceptors (Lipinski definition) is 4. The maximum Gasteiger partial charge on any atom is 0.291 e. The van der Waals surface area contributed by atoms with E-state index in [-0.39, 0.29) is 30.7 Å². The van der Waals surface area contributed by atoms with Gasteiger partial charge in [0.25, 0.3) is 11.8 Å². The van der Waals surface area contributed by atoms with Crippen LogP contribution in [0, 0.1) is 0 Å². The molecule has 0 aliphatic heterocycles. The monoisotopic (exact) mass is 352 g/mol. The number of aliphatic hydroxyl groups excluding tert-OH is 1. The van der Waals surface area contributed by atoms with Gasteiger partial charge in [-0.05, 0) is 52.3 Å². The van der Waals surface area contributed by atoms with Crippen LogP contribution in [0.1, 0.15) is 20.9 Å². The second kappa shape index (κ2) is 7.05. The Morgan fingerprint density at radius 1 is 1.10 bits per heavy atom. The standard InChI is InChI=1S/C14H13BrN2O4/c15-12-6-5-11(21-12)14(20)17-10-3-1-9(2-4-10)13(19)16-7-8-18/h1-6,18H,7-8H2,(H,16,19)(H,17,20). The van der Waals surface area contributed by atoms with Gasteiger partial charge in [0, 0.05) is 17.8 Å². The highest BCUT2D eigenvalue weighted by Gasteiger charge is 2.11. The van der Waals surface area contributed by atoms with E-state index in [1.807, 2.05) is 0 Å². The third-order valence-corrected chi connectivity index (χ3v) is 3.03. The third-order valence-electron chi connectivity index (χ3n) is 2.60. The van der Waals surface area contributed by atoms with Crippen molar-refractivity contribution in [2.45, 2.75) is 0 Å². The van der Waals surface area contributed by atoms with Gasteiger partial charge < -0.3 is 20.2 Å². The number of nitrogens with one attached hydrogen (secondary N) is 2. The van der Waals surface area contributed by atoms with Gasteiger partial charge in [-0.3, -0.25) is 9.59 Å². The summed E-state index contributed by atoms with van der Waals surface area (Å²) in [5.41, 5.74) is 0.994. The van der Waals surface area contributed by atoms with Crippen molar-refractivity contribution in [2.24, 2.45) is 0 Å². The Morgan fingerprint density at radius 2 is 1.81 bits per heavy atom. The van der Waals surface area contributed by atoms with E-state index in [2.05, 4.69) is 26.6 Å². The molecule has 110 valence electrons.